The van der Waals surface area contributed by atoms with Crippen LogP contribution in [0.15, 0.2) is 23.3 Å². The van der Waals surface area contributed by atoms with Crippen LogP contribution in [0.2, 0.25) is 0 Å². The summed E-state index contributed by atoms with van der Waals surface area (Å²) in [5, 5.41) is 0. The van der Waals surface area contributed by atoms with Crippen LogP contribution in [-0.2, 0) is 12.8 Å². The van der Waals surface area contributed by atoms with Gasteiger partial charge in [-0.2, -0.15) is 0 Å². The third-order valence-electron chi connectivity index (χ3n) is 3.22. The first kappa shape index (κ1) is 10.2. The molecule has 0 saturated carbocycles. The van der Waals surface area contributed by atoms with Gasteiger partial charge in [-0.25, -0.2) is 4.98 Å². The van der Waals surface area contributed by atoms with Crippen molar-refractivity contribution in [1.29, 1.82) is 0 Å². The van der Waals surface area contributed by atoms with Gasteiger partial charge in [-0.1, -0.05) is 0 Å². The van der Waals surface area contributed by atoms with Crippen LogP contribution in [0.25, 0.3) is 11.4 Å². The fraction of sp³-hybridized carbons (Fsp3) is 0.308. The molecule has 3 rings (SSSR count). The SMILES string of the molecule is Cc1cnccc1-c1nc2c(c(=O)[nH]1)CCC2. The molecule has 0 amide bonds. The van der Waals surface area contributed by atoms with Gasteiger partial charge in [0.15, 0.2) is 0 Å². The molecular formula is C13H13N3O. The first-order chi connectivity index (χ1) is 8.25. The van der Waals surface area contributed by atoms with Gasteiger partial charge in [-0.05, 0) is 37.8 Å². The maximum atomic E-state index is 11.9. The smallest absolute Gasteiger partial charge is 0.254 e. The second-order valence-corrected chi connectivity index (χ2v) is 4.38. The monoisotopic (exact) mass is 227 g/mol. The molecular weight excluding hydrogens is 214 g/mol. The Balaban J connectivity index is 2.20. The molecule has 0 saturated heterocycles. The molecule has 0 atom stereocenters. The van der Waals surface area contributed by atoms with Gasteiger partial charge >= 0.3 is 0 Å². The lowest BCUT2D eigenvalue weighted by atomic mass is 10.1. The predicted molar refractivity (Wildman–Crippen MR) is 64.9 cm³/mol. The third kappa shape index (κ3) is 1.65. The molecule has 0 aliphatic heterocycles. The Bertz CT molecular complexity index is 631. The highest BCUT2D eigenvalue weighted by Gasteiger charge is 2.17. The van der Waals surface area contributed by atoms with E-state index in [0.717, 1.165) is 41.6 Å². The normalized spacial score (nSPS) is 13.7. The van der Waals surface area contributed by atoms with E-state index in [0.29, 0.717) is 5.82 Å². The minimum absolute atomic E-state index is 0.0127. The van der Waals surface area contributed by atoms with E-state index in [1.807, 2.05) is 13.0 Å². The van der Waals surface area contributed by atoms with E-state index in [9.17, 15) is 4.79 Å². The van der Waals surface area contributed by atoms with Crippen LogP contribution >= 0.6 is 0 Å². The van der Waals surface area contributed by atoms with Crippen LogP contribution in [0.3, 0.4) is 0 Å². The topological polar surface area (TPSA) is 58.6 Å². The molecule has 1 N–H and O–H groups in total. The van der Waals surface area contributed by atoms with Gasteiger partial charge in [0.25, 0.3) is 5.56 Å². The summed E-state index contributed by atoms with van der Waals surface area (Å²) in [7, 11) is 0. The lowest BCUT2D eigenvalue weighted by Gasteiger charge is -2.06. The summed E-state index contributed by atoms with van der Waals surface area (Å²) in [6.07, 6.45) is 6.30. The van der Waals surface area contributed by atoms with Crippen molar-refractivity contribution in [3.63, 3.8) is 0 Å². The van der Waals surface area contributed by atoms with Crippen molar-refractivity contribution in [2.75, 3.05) is 0 Å². The summed E-state index contributed by atoms with van der Waals surface area (Å²) in [6, 6.07) is 1.88. The first-order valence-corrected chi connectivity index (χ1v) is 5.79. The molecule has 4 heteroatoms. The van der Waals surface area contributed by atoms with Crippen LogP contribution < -0.4 is 5.56 Å². The first-order valence-electron chi connectivity index (χ1n) is 5.79. The number of hydrogen-bond acceptors (Lipinski definition) is 3. The lowest BCUT2D eigenvalue weighted by molar-refractivity contribution is 0.899. The largest absolute Gasteiger partial charge is 0.306 e. The van der Waals surface area contributed by atoms with E-state index < -0.39 is 0 Å². The zero-order chi connectivity index (χ0) is 11.8. The number of aromatic amines is 1. The van der Waals surface area contributed by atoms with Gasteiger partial charge in [0.05, 0.1) is 5.69 Å². The number of rotatable bonds is 1. The van der Waals surface area contributed by atoms with Gasteiger partial charge in [0.1, 0.15) is 5.82 Å². The molecule has 2 aromatic rings. The Morgan fingerprint density at radius 2 is 2.24 bits per heavy atom. The number of fused-ring (bicyclic) bond motifs is 1. The second kappa shape index (κ2) is 3.80. The Morgan fingerprint density at radius 1 is 1.35 bits per heavy atom. The fourth-order valence-electron chi connectivity index (χ4n) is 2.31. The van der Waals surface area contributed by atoms with Gasteiger partial charge in [0.2, 0.25) is 0 Å². The van der Waals surface area contributed by atoms with Crippen LogP contribution in [0, 0.1) is 6.92 Å². The molecule has 86 valence electrons. The van der Waals surface area contributed by atoms with E-state index in [4.69, 9.17) is 0 Å². The average Bonchev–Trinajstić information content (AvgIpc) is 2.78. The summed E-state index contributed by atoms with van der Waals surface area (Å²) < 4.78 is 0. The van der Waals surface area contributed by atoms with Crippen LogP contribution in [0.1, 0.15) is 23.2 Å². The fourth-order valence-corrected chi connectivity index (χ4v) is 2.31. The molecule has 17 heavy (non-hydrogen) atoms. The summed E-state index contributed by atoms with van der Waals surface area (Å²) in [4.78, 5) is 23.4. The number of aryl methyl sites for hydroxylation is 2. The van der Waals surface area contributed by atoms with Crippen LogP contribution in [-0.4, -0.2) is 15.0 Å². The Hall–Kier alpha value is -1.97. The van der Waals surface area contributed by atoms with Crippen molar-refractivity contribution in [2.24, 2.45) is 0 Å². The molecule has 0 bridgehead atoms. The maximum Gasteiger partial charge on any atom is 0.254 e. The van der Waals surface area contributed by atoms with Crippen molar-refractivity contribution in [3.8, 4) is 11.4 Å². The third-order valence-corrected chi connectivity index (χ3v) is 3.22. The molecule has 0 fully saturated rings. The molecule has 0 radical (unpaired) electrons. The van der Waals surface area contributed by atoms with Gasteiger partial charge in [-0.3, -0.25) is 9.78 Å². The number of nitrogens with zero attached hydrogens (tertiary/aromatic N) is 2. The zero-order valence-electron chi connectivity index (χ0n) is 9.66. The highest BCUT2D eigenvalue weighted by atomic mass is 16.1. The van der Waals surface area contributed by atoms with E-state index in [1.54, 1.807) is 12.4 Å². The minimum atomic E-state index is 0.0127. The molecule has 4 nitrogen and oxygen atoms in total. The highest BCUT2D eigenvalue weighted by molar-refractivity contribution is 5.59. The summed E-state index contributed by atoms with van der Waals surface area (Å²) in [5.41, 5.74) is 3.81. The van der Waals surface area contributed by atoms with Gasteiger partial charge in [0, 0.05) is 23.5 Å². The molecule has 1 aliphatic carbocycles. The highest BCUT2D eigenvalue weighted by Crippen LogP contribution is 2.21. The Morgan fingerprint density at radius 3 is 3.06 bits per heavy atom. The zero-order valence-corrected chi connectivity index (χ0v) is 9.66. The Kier molecular flexibility index (Phi) is 2.28. The standard InChI is InChI=1S/C13H13N3O/c1-8-7-14-6-5-9(8)12-15-11-4-2-3-10(11)13(17)16-12/h5-7H,2-4H2,1H3,(H,15,16,17). The molecule has 2 heterocycles. The quantitative estimate of drug-likeness (QED) is 0.805. The van der Waals surface area contributed by atoms with Gasteiger partial charge in [-0.15, -0.1) is 0 Å². The summed E-state index contributed by atoms with van der Waals surface area (Å²) in [5.74, 6) is 0.663. The molecule has 0 aromatic carbocycles. The summed E-state index contributed by atoms with van der Waals surface area (Å²) >= 11 is 0. The minimum Gasteiger partial charge on any atom is -0.306 e. The Labute approximate surface area is 98.8 Å². The molecule has 2 aromatic heterocycles. The lowest BCUT2D eigenvalue weighted by Crippen LogP contribution is -2.15. The van der Waals surface area contributed by atoms with Crippen LogP contribution in [0.5, 0.6) is 0 Å². The van der Waals surface area contributed by atoms with Crippen molar-refractivity contribution in [3.05, 3.63) is 45.6 Å². The summed E-state index contributed by atoms with van der Waals surface area (Å²) in [6.45, 7) is 1.97. The number of nitrogens with one attached hydrogen (secondary N) is 1. The number of H-pyrrole nitrogens is 1. The maximum absolute atomic E-state index is 11.9. The van der Waals surface area contributed by atoms with E-state index in [2.05, 4.69) is 15.0 Å². The van der Waals surface area contributed by atoms with E-state index >= 15 is 0 Å². The molecule has 1 aliphatic rings. The van der Waals surface area contributed by atoms with Crippen LogP contribution in [0.4, 0.5) is 0 Å². The number of pyridine rings is 1. The number of aromatic nitrogens is 3. The molecule has 0 unspecified atom stereocenters. The van der Waals surface area contributed by atoms with Crippen molar-refractivity contribution < 1.29 is 0 Å². The number of hydrogen-bond donors (Lipinski definition) is 1. The van der Waals surface area contributed by atoms with Crippen molar-refractivity contribution in [2.45, 2.75) is 26.2 Å². The van der Waals surface area contributed by atoms with E-state index in [-0.39, 0.29) is 5.56 Å². The van der Waals surface area contributed by atoms with Crippen molar-refractivity contribution >= 4 is 0 Å². The van der Waals surface area contributed by atoms with Gasteiger partial charge < -0.3 is 4.98 Å². The second-order valence-electron chi connectivity index (χ2n) is 4.38. The van der Waals surface area contributed by atoms with Crippen molar-refractivity contribution in [1.82, 2.24) is 15.0 Å². The predicted octanol–water partition coefficient (Wildman–Crippen LogP) is 1.63. The van der Waals surface area contributed by atoms with E-state index in [1.165, 1.54) is 0 Å². The average molecular weight is 227 g/mol. The molecule has 0 spiro atoms.